The Morgan fingerprint density at radius 3 is 1.12 bits per heavy atom. The molecule has 0 nitrogen and oxygen atoms in total. The Hall–Kier alpha value is -3.90. The molecular formula is C41H46. The van der Waals surface area contributed by atoms with E-state index >= 15 is 0 Å². The quantitative estimate of drug-likeness (QED) is 0.202. The van der Waals surface area contributed by atoms with Gasteiger partial charge in [0.25, 0.3) is 0 Å². The van der Waals surface area contributed by atoms with Crippen molar-refractivity contribution in [3.05, 3.63) is 178 Å². The monoisotopic (exact) mass is 538 g/mol. The molecule has 5 aromatic rings. The molecular weight excluding hydrogens is 492 g/mol. The second-order valence-corrected chi connectivity index (χ2v) is 12.9. The summed E-state index contributed by atoms with van der Waals surface area (Å²) < 4.78 is 0. The van der Waals surface area contributed by atoms with Crippen molar-refractivity contribution in [2.45, 2.75) is 71.6 Å². The standard InChI is InChI=1S/C25H28.C16H18/c1-19-16-17-22(24(2,3)20-12-8-6-9-13-20)18-23(19)25(4,5)21-14-10-7-11-15-21;1-13-9-11-15(12-10-13)16(2,3)14-7-5-4-6-8-14/h6-18H,1-5H3;4-12H,1-3H3. The molecule has 0 aliphatic rings. The summed E-state index contributed by atoms with van der Waals surface area (Å²) in [5, 5.41) is 0. The van der Waals surface area contributed by atoms with Crippen LogP contribution in [0.25, 0.3) is 0 Å². The van der Waals surface area contributed by atoms with Crippen LogP contribution in [0.2, 0.25) is 0 Å². The van der Waals surface area contributed by atoms with E-state index < -0.39 is 0 Å². The maximum atomic E-state index is 2.41. The van der Waals surface area contributed by atoms with Gasteiger partial charge in [-0.05, 0) is 52.8 Å². The molecule has 0 heterocycles. The summed E-state index contributed by atoms with van der Waals surface area (Å²) in [6.07, 6.45) is 0. The van der Waals surface area contributed by atoms with Crippen molar-refractivity contribution < 1.29 is 0 Å². The first-order chi connectivity index (χ1) is 19.4. The van der Waals surface area contributed by atoms with Gasteiger partial charge in [0.05, 0.1) is 0 Å². The van der Waals surface area contributed by atoms with Crippen molar-refractivity contribution >= 4 is 0 Å². The van der Waals surface area contributed by atoms with Crippen LogP contribution in [0, 0.1) is 13.8 Å². The van der Waals surface area contributed by atoms with Crippen LogP contribution in [0.3, 0.4) is 0 Å². The van der Waals surface area contributed by atoms with Gasteiger partial charge in [-0.2, -0.15) is 0 Å². The molecule has 5 rings (SSSR count). The van der Waals surface area contributed by atoms with E-state index in [0.717, 1.165) is 0 Å². The van der Waals surface area contributed by atoms with Gasteiger partial charge in [-0.3, -0.25) is 0 Å². The first kappa shape index (κ1) is 30.1. The van der Waals surface area contributed by atoms with Gasteiger partial charge < -0.3 is 0 Å². The van der Waals surface area contributed by atoms with E-state index in [2.05, 4.69) is 189 Å². The molecule has 0 unspecified atom stereocenters. The van der Waals surface area contributed by atoms with Crippen molar-refractivity contribution in [2.75, 3.05) is 0 Å². The Morgan fingerprint density at radius 2 is 0.683 bits per heavy atom. The van der Waals surface area contributed by atoms with Crippen LogP contribution >= 0.6 is 0 Å². The minimum absolute atomic E-state index is 0.0174. The number of hydrogen-bond acceptors (Lipinski definition) is 0. The van der Waals surface area contributed by atoms with Crippen LogP contribution in [0.1, 0.15) is 86.1 Å². The maximum absolute atomic E-state index is 2.41. The fourth-order valence-corrected chi connectivity index (χ4v) is 5.71. The second-order valence-electron chi connectivity index (χ2n) is 12.9. The summed E-state index contributed by atoms with van der Waals surface area (Å²) in [4.78, 5) is 0. The minimum Gasteiger partial charge on any atom is -0.0622 e. The van der Waals surface area contributed by atoms with E-state index in [1.165, 1.54) is 44.5 Å². The van der Waals surface area contributed by atoms with Crippen LogP contribution < -0.4 is 0 Å². The predicted octanol–water partition coefficient (Wildman–Crippen LogP) is 11.0. The van der Waals surface area contributed by atoms with Crippen LogP contribution in [0.5, 0.6) is 0 Å². The van der Waals surface area contributed by atoms with E-state index in [1.807, 2.05) is 0 Å². The van der Waals surface area contributed by atoms with Crippen LogP contribution in [0.15, 0.2) is 133 Å². The zero-order chi connectivity index (χ0) is 29.7. The third-order valence-corrected chi connectivity index (χ3v) is 8.89. The number of hydrogen-bond donors (Lipinski definition) is 0. The van der Waals surface area contributed by atoms with E-state index in [-0.39, 0.29) is 16.2 Å². The molecule has 210 valence electrons. The lowest BCUT2D eigenvalue weighted by Gasteiger charge is -2.32. The Labute approximate surface area is 249 Å². The predicted molar refractivity (Wildman–Crippen MR) is 178 cm³/mol. The minimum atomic E-state index is -0.0197. The highest BCUT2D eigenvalue weighted by atomic mass is 14.3. The van der Waals surface area contributed by atoms with Crippen molar-refractivity contribution in [3.8, 4) is 0 Å². The number of rotatable bonds is 6. The third kappa shape index (κ3) is 6.71. The summed E-state index contributed by atoms with van der Waals surface area (Å²) in [5.41, 5.74) is 10.9. The van der Waals surface area contributed by atoms with Gasteiger partial charge in [-0.25, -0.2) is 0 Å². The Bertz CT molecular complexity index is 1520. The van der Waals surface area contributed by atoms with E-state index in [4.69, 9.17) is 0 Å². The van der Waals surface area contributed by atoms with Crippen molar-refractivity contribution in [3.63, 3.8) is 0 Å². The average Bonchev–Trinajstić information content (AvgIpc) is 2.99. The molecule has 0 radical (unpaired) electrons. The molecule has 0 amide bonds. The van der Waals surface area contributed by atoms with Crippen LogP contribution in [0.4, 0.5) is 0 Å². The lowest BCUT2D eigenvalue weighted by Crippen LogP contribution is -2.24. The first-order valence-corrected chi connectivity index (χ1v) is 14.8. The summed E-state index contributed by atoms with van der Waals surface area (Å²) in [6.45, 7) is 18.2. The molecule has 41 heavy (non-hydrogen) atoms. The van der Waals surface area contributed by atoms with Crippen molar-refractivity contribution in [2.24, 2.45) is 0 Å². The highest BCUT2D eigenvalue weighted by Crippen LogP contribution is 2.38. The van der Waals surface area contributed by atoms with Gasteiger partial charge in [0.2, 0.25) is 0 Å². The van der Waals surface area contributed by atoms with Gasteiger partial charge in [0.15, 0.2) is 0 Å². The zero-order valence-corrected chi connectivity index (χ0v) is 26.2. The molecule has 0 aliphatic carbocycles. The fourth-order valence-electron chi connectivity index (χ4n) is 5.71. The largest absolute Gasteiger partial charge is 0.0622 e. The Kier molecular flexibility index (Phi) is 9.03. The molecule has 0 aromatic heterocycles. The number of aryl methyl sites for hydroxylation is 2. The molecule has 0 bridgehead atoms. The van der Waals surface area contributed by atoms with E-state index in [1.54, 1.807) is 0 Å². The zero-order valence-electron chi connectivity index (χ0n) is 26.2. The molecule has 0 atom stereocenters. The Balaban J connectivity index is 0.000000208. The molecule has 0 heteroatoms. The van der Waals surface area contributed by atoms with E-state index in [0.29, 0.717) is 0 Å². The summed E-state index contributed by atoms with van der Waals surface area (Å²) in [6, 6.07) is 48.0. The highest BCUT2D eigenvalue weighted by molar-refractivity contribution is 5.47. The van der Waals surface area contributed by atoms with Crippen LogP contribution in [-0.2, 0) is 16.2 Å². The molecule has 0 fully saturated rings. The number of benzene rings is 5. The smallest absolute Gasteiger partial charge is 0.0149 e. The van der Waals surface area contributed by atoms with Gasteiger partial charge >= 0.3 is 0 Å². The molecule has 5 aromatic carbocycles. The molecule has 0 spiro atoms. The second kappa shape index (κ2) is 12.3. The molecule has 0 N–H and O–H groups in total. The fraction of sp³-hybridized carbons (Fsp3) is 0.268. The van der Waals surface area contributed by atoms with Crippen molar-refractivity contribution in [1.29, 1.82) is 0 Å². The summed E-state index contributed by atoms with van der Waals surface area (Å²) in [7, 11) is 0. The van der Waals surface area contributed by atoms with E-state index in [9.17, 15) is 0 Å². The topological polar surface area (TPSA) is 0 Å². The molecule has 0 saturated carbocycles. The van der Waals surface area contributed by atoms with Gasteiger partial charge in [-0.15, -0.1) is 0 Å². The Morgan fingerprint density at radius 1 is 0.341 bits per heavy atom. The third-order valence-electron chi connectivity index (χ3n) is 8.89. The van der Waals surface area contributed by atoms with Gasteiger partial charge in [0, 0.05) is 16.2 Å². The maximum Gasteiger partial charge on any atom is 0.0149 e. The lowest BCUT2D eigenvalue weighted by molar-refractivity contribution is 0.614. The molecule has 0 aliphatic heterocycles. The van der Waals surface area contributed by atoms with Gasteiger partial charge in [0.1, 0.15) is 0 Å². The van der Waals surface area contributed by atoms with Gasteiger partial charge in [-0.1, -0.05) is 181 Å². The normalized spacial score (nSPS) is 11.9. The van der Waals surface area contributed by atoms with Crippen molar-refractivity contribution in [1.82, 2.24) is 0 Å². The average molecular weight is 539 g/mol. The first-order valence-electron chi connectivity index (χ1n) is 14.8. The van der Waals surface area contributed by atoms with Crippen LogP contribution in [-0.4, -0.2) is 0 Å². The summed E-state index contributed by atoms with van der Waals surface area (Å²) in [5.74, 6) is 0. The molecule has 0 saturated heterocycles. The SMILES string of the molecule is Cc1ccc(C(C)(C)c2ccccc2)cc1.Cc1ccc(C(C)(C)c2ccccc2)cc1C(C)(C)c1ccccc1. The summed E-state index contributed by atoms with van der Waals surface area (Å²) >= 11 is 0. The highest BCUT2D eigenvalue weighted by Gasteiger charge is 2.29. The lowest BCUT2D eigenvalue weighted by atomic mass is 9.72.